The van der Waals surface area contributed by atoms with E-state index in [2.05, 4.69) is 4.98 Å². The second-order valence-corrected chi connectivity index (χ2v) is 3.72. The average Bonchev–Trinajstić information content (AvgIpc) is 2.82. The fourth-order valence-electron chi connectivity index (χ4n) is 1.64. The number of rotatable bonds is 3. The topological polar surface area (TPSA) is 69.1 Å². The molecule has 2 rings (SSSR count). The van der Waals surface area contributed by atoms with E-state index in [1.807, 2.05) is 30.3 Å². The number of carbonyl (C=O) groups is 1. The summed E-state index contributed by atoms with van der Waals surface area (Å²) in [6.45, 7) is 1.73. The van der Waals surface area contributed by atoms with Gasteiger partial charge < -0.3 is 10.2 Å². The minimum Gasteiger partial charge on any atom is -0.447 e. The summed E-state index contributed by atoms with van der Waals surface area (Å²) in [6, 6.07) is 9.27. The molecule has 16 heavy (non-hydrogen) atoms. The van der Waals surface area contributed by atoms with Gasteiger partial charge in [0.1, 0.15) is 11.2 Å². The molecule has 1 aromatic carbocycles. The van der Waals surface area contributed by atoms with Crippen LogP contribution in [0.15, 0.2) is 47.3 Å². The van der Waals surface area contributed by atoms with Gasteiger partial charge in [-0.25, -0.2) is 4.98 Å². The highest BCUT2D eigenvalue weighted by Gasteiger charge is 2.38. The van der Waals surface area contributed by atoms with Crippen LogP contribution in [0.1, 0.15) is 18.2 Å². The zero-order valence-electron chi connectivity index (χ0n) is 8.88. The Morgan fingerprint density at radius 2 is 2.06 bits per heavy atom. The summed E-state index contributed by atoms with van der Waals surface area (Å²) in [5, 5.41) is 0. The molecule has 0 aliphatic rings. The van der Waals surface area contributed by atoms with Crippen LogP contribution in [0.5, 0.6) is 0 Å². The van der Waals surface area contributed by atoms with Crippen LogP contribution in [0.4, 0.5) is 0 Å². The number of benzene rings is 1. The van der Waals surface area contributed by atoms with E-state index in [0.29, 0.717) is 5.76 Å². The molecule has 0 radical (unpaired) electrons. The van der Waals surface area contributed by atoms with Gasteiger partial charge in [-0.1, -0.05) is 30.3 Å². The van der Waals surface area contributed by atoms with Gasteiger partial charge in [0.15, 0.2) is 6.39 Å². The van der Waals surface area contributed by atoms with Gasteiger partial charge >= 0.3 is 0 Å². The van der Waals surface area contributed by atoms with Crippen LogP contribution in [0.3, 0.4) is 0 Å². The molecule has 0 aliphatic carbocycles. The molecular formula is C12H12N2O2. The number of hydrogen-bond acceptors (Lipinski definition) is 3. The molecule has 2 N–H and O–H groups in total. The number of oxazole rings is 1. The number of nitrogens with two attached hydrogens (primary N) is 1. The normalized spacial score (nSPS) is 14.3. The van der Waals surface area contributed by atoms with E-state index in [4.69, 9.17) is 10.2 Å². The van der Waals surface area contributed by atoms with E-state index < -0.39 is 11.3 Å². The third kappa shape index (κ3) is 1.48. The number of carbonyl (C=O) groups excluding carboxylic acids is 1. The smallest absolute Gasteiger partial charge is 0.235 e. The molecule has 1 amide bonds. The summed E-state index contributed by atoms with van der Waals surface area (Å²) in [5.74, 6) is -0.0124. The summed E-state index contributed by atoms with van der Waals surface area (Å²) in [7, 11) is 0. The molecule has 0 fully saturated rings. The van der Waals surface area contributed by atoms with E-state index in [9.17, 15) is 4.79 Å². The fourth-order valence-corrected chi connectivity index (χ4v) is 1.64. The van der Waals surface area contributed by atoms with Crippen molar-refractivity contribution in [2.24, 2.45) is 5.73 Å². The molecule has 0 saturated heterocycles. The number of aromatic nitrogens is 1. The Labute approximate surface area is 93.1 Å². The van der Waals surface area contributed by atoms with Crippen molar-refractivity contribution < 1.29 is 9.21 Å². The number of nitrogens with zero attached hydrogens (tertiary/aromatic N) is 1. The third-order valence-electron chi connectivity index (χ3n) is 2.77. The van der Waals surface area contributed by atoms with E-state index in [0.717, 1.165) is 5.56 Å². The maximum atomic E-state index is 11.7. The van der Waals surface area contributed by atoms with E-state index in [-0.39, 0.29) is 0 Å². The Balaban J connectivity index is 2.58. The molecule has 4 nitrogen and oxygen atoms in total. The summed E-state index contributed by atoms with van der Waals surface area (Å²) >= 11 is 0. The van der Waals surface area contributed by atoms with Crippen LogP contribution in [0, 0.1) is 0 Å². The Morgan fingerprint density at radius 3 is 2.56 bits per heavy atom. The summed E-state index contributed by atoms with van der Waals surface area (Å²) in [4.78, 5) is 15.5. The standard InChI is InChI=1S/C12H12N2O2/c1-12(11(13)15,10-7-14-8-16-10)9-5-3-2-4-6-9/h2-8H,1H3,(H2,13,15). The highest BCUT2D eigenvalue weighted by Crippen LogP contribution is 2.31. The van der Waals surface area contributed by atoms with Gasteiger partial charge in [-0.3, -0.25) is 4.79 Å². The second kappa shape index (κ2) is 3.81. The minimum absolute atomic E-state index is 0.450. The van der Waals surface area contributed by atoms with Crippen molar-refractivity contribution in [3.05, 3.63) is 54.2 Å². The largest absolute Gasteiger partial charge is 0.447 e. The first-order chi connectivity index (χ1) is 7.65. The molecule has 2 aromatic rings. The van der Waals surface area contributed by atoms with Gasteiger partial charge in [-0.2, -0.15) is 0 Å². The van der Waals surface area contributed by atoms with Crippen LogP contribution in [-0.2, 0) is 10.2 Å². The monoisotopic (exact) mass is 216 g/mol. The first kappa shape index (κ1) is 10.4. The van der Waals surface area contributed by atoms with E-state index in [1.54, 1.807) is 6.92 Å². The van der Waals surface area contributed by atoms with Crippen LogP contribution in [-0.4, -0.2) is 10.9 Å². The molecule has 1 atom stereocenters. The Kier molecular flexibility index (Phi) is 2.48. The van der Waals surface area contributed by atoms with Gasteiger partial charge in [0.25, 0.3) is 0 Å². The lowest BCUT2D eigenvalue weighted by atomic mass is 9.80. The van der Waals surface area contributed by atoms with Crippen molar-refractivity contribution >= 4 is 5.91 Å². The maximum absolute atomic E-state index is 11.7. The first-order valence-corrected chi connectivity index (χ1v) is 4.90. The molecule has 4 heteroatoms. The lowest BCUT2D eigenvalue weighted by Gasteiger charge is -2.23. The predicted octanol–water partition coefficient (Wildman–Crippen LogP) is 1.47. The molecular weight excluding hydrogens is 204 g/mol. The second-order valence-electron chi connectivity index (χ2n) is 3.72. The van der Waals surface area contributed by atoms with Crippen molar-refractivity contribution in [1.29, 1.82) is 0 Å². The molecule has 0 aliphatic heterocycles. The Morgan fingerprint density at radius 1 is 1.38 bits per heavy atom. The molecule has 1 unspecified atom stereocenters. The summed E-state index contributed by atoms with van der Waals surface area (Å²) in [6.07, 6.45) is 2.80. The van der Waals surface area contributed by atoms with E-state index in [1.165, 1.54) is 12.6 Å². The predicted molar refractivity (Wildman–Crippen MR) is 58.6 cm³/mol. The van der Waals surface area contributed by atoms with Crippen molar-refractivity contribution in [2.75, 3.05) is 0 Å². The van der Waals surface area contributed by atoms with Crippen molar-refractivity contribution in [2.45, 2.75) is 12.3 Å². The highest BCUT2D eigenvalue weighted by molar-refractivity contribution is 5.89. The van der Waals surface area contributed by atoms with Gasteiger partial charge in [-0.15, -0.1) is 0 Å². The molecule has 1 heterocycles. The van der Waals surface area contributed by atoms with Crippen molar-refractivity contribution in [3.8, 4) is 0 Å². The Bertz CT molecular complexity index is 479. The number of amides is 1. The fraction of sp³-hybridized carbons (Fsp3) is 0.167. The molecule has 1 aromatic heterocycles. The van der Waals surface area contributed by atoms with Gasteiger partial charge in [0.2, 0.25) is 5.91 Å². The number of primary amides is 1. The Hall–Kier alpha value is -2.10. The lowest BCUT2D eigenvalue weighted by molar-refractivity contribution is -0.122. The van der Waals surface area contributed by atoms with Gasteiger partial charge in [-0.05, 0) is 12.5 Å². The SMILES string of the molecule is CC(C(N)=O)(c1ccccc1)c1cnco1. The molecule has 82 valence electrons. The van der Waals surface area contributed by atoms with Crippen LogP contribution >= 0.6 is 0 Å². The zero-order chi connectivity index (χ0) is 11.6. The molecule has 0 spiro atoms. The van der Waals surface area contributed by atoms with E-state index >= 15 is 0 Å². The van der Waals surface area contributed by atoms with Crippen LogP contribution in [0.2, 0.25) is 0 Å². The van der Waals surface area contributed by atoms with Crippen molar-refractivity contribution in [3.63, 3.8) is 0 Å². The summed E-state index contributed by atoms with van der Waals surface area (Å²) < 4.78 is 5.20. The average molecular weight is 216 g/mol. The first-order valence-electron chi connectivity index (χ1n) is 4.90. The summed E-state index contributed by atoms with van der Waals surface area (Å²) in [5.41, 5.74) is 5.28. The lowest BCUT2D eigenvalue weighted by Crippen LogP contribution is -2.39. The molecule has 0 saturated carbocycles. The van der Waals surface area contributed by atoms with Crippen LogP contribution in [0.25, 0.3) is 0 Å². The number of hydrogen-bond donors (Lipinski definition) is 1. The minimum atomic E-state index is -0.974. The van der Waals surface area contributed by atoms with Gasteiger partial charge in [0, 0.05) is 0 Å². The quantitative estimate of drug-likeness (QED) is 0.844. The third-order valence-corrected chi connectivity index (χ3v) is 2.77. The maximum Gasteiger partial charge on any atom is 0.235 e. The zero-order valence-corrected chi connectivity index (χ0v) is 8.88. The van der Waals surface area contributed by atoms with Crippen LogP contribution < -0.4 is 5.73 Å². The molecule has 0 bridgehead atoms. The highest BCUT2D eigenvalue weighted by atomic mass is 16.3. The van der Waals surface area contributed by atoms with Gasteiger partial charge in [0.05, 0.1) is 6.20 Å². The van der Waals surface area contributed by atoms with Crippen molar-refractivity contribution in [1.82, 2.24) is 4.98 Å².